The molecule has 0 amide bonds. The molecule has 0 aliphatic rings. The first-order valence-corrected chi connectivity index (χ1v) is 8.03. The quantitative estimate of drug-likeness (QED) is 0.567. The fourth-order valence-corrected chi connectivity index (χ4v) is 2.69. The molecule has 1 heterocycles. The number of nitrogens with zero attached hydrogens (tertiary/aromatic N) is 1. The average Bonchev–Trinajstić information content (AvgIpc) is 2.92. The summed E-state index contributed by atoms with van der Waals surface area (Å²) in [5, 5.41) is 3.92. The Morgan fingerprint density at radius 2 is 1.69 bits per heavy atom. The van der Waals surface area contributed by atoms with E-state index in [2.05, 4.69) is 10.3 Å². The molecule has 0 atom stereocenters. The molecule has 0 fully saturated rings. The smallest absolute Gasteiger partial charge is 0.416 e. The Labute approximate surface area is 147 Å². The second kappa shape index (κ2) is 7.52. The molecule has 2 aromatic rings. The third-order valence-corrected chi connectivity index (χ3v) is 3.83. The van der Waals surface area contributed by atoms with Gasteiger partial charge in [0.25, 0.3) is 0 Å². The zero-order chi connectivity index (χ0) is 19.5. The molecule has 1 N–H and O–H groups in total. The van der Waals surface area contributed by atoms with E-state index in [1.807, 2.05) is 0 Å². The topological polar surface area (TPSA) is 51.2 Å². The number of carbonyl (C=O) groups is 1. The Bertz CT molecular complexity index is 753. The second-order valence-electron chi connectivity index (χ2n) is 5.05. The maximum absolute atomic E-state index is 12.8. The van der Waals surface area contributed by atoms with Crippen LogP contribution in [0.2, 0.25) is 0 Å². The number of hydrogen-bond acceptors (Lipinski definition) is 5. The van der Waals surface area contributed by atoms with Crippen LogP contribution in [-0.2, 0) is 28.3 Å². The molecule has 0 aliphatic heterocycles. The van der Waals surface area contributed by atoms with E-state index in [4.69, 9.17) is 4.74 Å². The van der Waals surface area contributed by atoms with E-state index in [-0.39, 0.29) is 24.2 Å². The van der Waals surface area contributed by atoms with Crippen molar-refractivity contribution < 1.29 is 35.9 Å². The largest absolute Gasteiger partial charge is 0.466 e. The molecule has 0 saturated carbocycles. The minimum atomic E-state index is -4.93. The molecule has 1 aromatic heterocycles. The molecule has 0 aliphatic carbocycles. The van der Waals surface area contributed by atoms with Gasteiger partial charge in [0, 0.05) is 11.1 Å². The first-order chi connectivity index (χ1) is 12.0. The van der Waals surface area contributed by atoms with Crippen molar-refractivity contribution in [2.45, 2.75) is 25.7 Å². The van der Waals surface area contributed by atoms with Crippen molar-refractivity contribution in [2.75, 3.05) is 11.9 Å². The van der Waals surface area contributed by atoms with Crippen molar-refractivity contribution >= 4 is 28.1 Å². The fraction of sp³-hybridized carbons (Fsp3) is 0.333. The van der Waals surface area contributed by atoms with Gasteiger partial charge in [-0.1, -0.05) is 0 Å². The van der Waals surface area contributed by atoms with E-state index in [0.29, 0.717) is 17.8 Å². The summed E-state index contributed by atoms with van der Waals surface area (Å²) in [6.07, 6.45) is -10.0. The van der Waals surface area contributed by atoms with Crippen LogP contribution in [0, 0.1) is 0 Å². The number of hydrogen-bond donors (Lipinski definition) is 1. The highest BCUT2D eigenvalue weighted by molar-refractivity contribution is 7.13. The maximum atomic E-state index is 12.8. The minimum absolute atomic E-state index is 0.0409. The van der Waals surface area contributed by atoms with Gasteiger partial charge in [0.1, 0.15) is 0 Å². The maximum Gasteiger partial charge on any atom is 0.416 e. The molecular weight excluding hydrogens is 386 g/mol. The van der Waals surface area contributed by atoms with Gasteiger partial charge < -0.3 is 10.1 Å². The lowest BCUT2D eigenvalue weighted by Gasteiger charge is -2.14. The second-order valence-corrected chi connectivity index (χ2v) is 5.90. The van der Waals surface area contributed by atoms with E-state index >= 15 is 0 Å². The zero-order valence-corrected chi connectivity index (χ0v) is 14.0. The molecule has 142 valence electrons. The molecular formula is C15H12F6N2O2S. The number of benzene rings is 1. The van der Waals surface area contributed by atoms with Gasteiger partial charge in [-0.25, -0.2) is 4.98 Å². The Hall–Kier alpha value is -2.30. The van der Waals surface area contributed by atoms with E-state index in [1.54, 1.807) is 6.92 Å². The zero-order valence-electron chi connectivity index (χ0n) is 13.2. The SMILES string of the molecule is CCOC(=O)Cc1csc(Nc2cc(C(F)(F)F)cc(C(F)(F)F)c2)n1. The molecule has 26 heavy (non-hydrogen) atoms. The molecule has 0 spiro atoms. The van der Waals surface area contributed by atoms with Crippen LogP contribution in [0.25, 0.3) is 0 Å². The number of esters is 1. The molecule has 4 nitrogen and oxygen atoms in total. The fourth-order valence-electron chi connectivity index (χ4n) is 1.96. The van der Waals surface area contributed by atoms with Crippen LogP contribution >= 0.6 is 11.3 Å². The Morgan fingerprint density at radius 3 is 2.19 bits per heavy atom. The third kappa shape index (κ3) is 5.35. The highest BCUT2D eigenvalue weighted by Gasteiger charge is 2.37. The van der Waals surface area contributed by atoms with Crippen LogP contribution < -0.4 is 5.32 Å². The van der Waals surface area contributed by atoms with Crippen LogP contribution in [-0.4, -0.2) is 17.6 Å². The number of alkyl halides is 6. The van der Waals surface area contributed by atoms with Gasteiger partial charge >= 0.3 is 18.3 Å². The van der Waals surface area contributed by atoms with E-state index < -0.39 is 35.1 Å². The molecule has 0 radical (unpaired) electrons. The molecule has 0 unspecified atom stereocenters. The number of nitrogens with one attached hydrogen (secondary N) is 1. The van der Waals surface area contributed by atoms with Gasteiger partial charge in [0.15, 0.2) is 5.13 Å². The van der Waals surface area contributed by atoms with Crippen molar-refractivity contribution in [2.24, 2.45) is 0 Å². The number of aromatic nitrogens is 1. The van der Waals surface area contributed by atoms with Gasteiger partial charge in [0.05, 0.1) is 29.8 Å². The van der Waals surface area contributed by atoms with Crippen LogP contribution in [0.15, 0.2) is 23.6 Å². The van der Waals surface area contributed by atoms with E-state index in [1.165, 1.54) is 5.38 Å². The van der Waals surface area contributed by atoms with Crippen molar-refractivity contribution in [1.82, 2.24) is 4.98 Å². The standard InChI is InChI=1S/C15H12F6N2O2S/c1-2-25-12(24)6-11-7-26-13(23-11)22-10-4-8(14(16,17)18)3-9(5-10)15(19,20)21/h3-5,7H,2,6H2,1H3,(H,22,23). The first kappa shape index (κ1) is 20.0. The van der Waals surface area contributed by atoms with E-state index in [0.717, 1.165) is 11.3 Å². The Morgan fingerprint density at radius 1 is 1.12 bits per heavy atom. The molecule has 0 saturated heterocycles. The monoisotopic (exact) mass is 398 g/mol. The normalized spacial score (nSPS) is 12.1. The molecule has 1 aromatic carbocycles. The molecule has 0 bridgehead atoms. The Kier molecular flexibility index (Phi) is 5.79. The summed E-state index contributed by atoms with van der Waals surface area (Å²) in [6.45, 7) is 1.80. The lowest BCUT2D eigenvalue weighted by Crippen LogP contribution is -2.11. The number of ether oxygens (including phenoxy) is 1. The Balaban J connectivity index is 2.26. The summed E-state index contributed by atoms with van der Waals surface area (Å²) in [6, 6.07) is 1.16. The number of rotatable bonds is 5. The lowest BCUT2D eigenvalue weighted by molar-refractivity contribution is -0.143. The first-order valence-electron chi connectivity index (χ1n) is 7.15. The predicted molar refractivity (Wildman–Crippen MR) is 82.2 cm³/mol. The number of anilines is 2. The van der Waals surface area contributed by atoms with Gasteiger partial charge in [-0.2, -0.15) is 26.3 Å². The highest BCUT2D eigenvalue weighted by Crippen LogP contribution is 2.38. The average molecular weight is 398 g/mol. The lowest BCUT2D eigenvalue weighted by atomic mass is 10.1. The summed E-state index contributed by atoms with van der Waals surface area (Å²) in [4.78, 5) is 15.3. The third-order valence-electron chi connectivity index (χ3n) is 3.02. The summed E-state index contributed by atoms with van der Waals surface area (Å²) in [5.74, 6) is -0.539. The summed E-state index contributed by atoms with van der Waals surface area (Å²) < 4.78 is 81.7. The van der Waals surface area contributed by atoms with Gasteiger partial charge in [-0.15, -0.1) is 11.3 Å². The van der Waals surface area contributed by atoms with Crippen molar-refractivity contribution in [3.8, 4) is 0 Å². The number of halogens is 6. The predicted octanol–water partition coefficient (Wildman–Crippen LogP) is 5.03. The number of carbonyl (C=O) groups excluding carboxylic acids is 1. The van der Waals surface area contributed by atoms with Crippen molar-refractivity contribution in [3.63, 3.8) is 0 Å². The van der Waals surface area contributed by atoms with E-state index in [9.17, 15) is 31.1 Å². The minimum Gasteiger partial charge on any atom is -0.466 e. The highest BCUT2D eigenvalue weighted by atomic mass is 32.1. The van der Waals surface area contributed by atoms with Gasteiger partial charge in [-0.3, -0.25) is 4.79 Å². The van der Waals surface area contributed by atoms with Crippen molar-refractivity contribution in [1.29, 1.82) is 0 Å². The van der Waals surface area contributed by atoms with Crippen LogP contribution in [0.5, 0.6) is 0 Å². The van der Waals surface area contributed by atoms with Crippen LogP contribution in [0.1, 0.15) is 23.7 Å². The van der Waals surface area contributed by atoms with Crippen LogP contribution in [0.3, 0.4) is 0 Å². The summed E-state index contributed by atoms with van der Waals surface area (Å²) >= 11 is 0.939. The van der Waals surface area contributed by atoms with Gasteiger partial charge in [0.2, 0.25) is 0 Å². The number of thiazole rings is 1. The van der Waals surface area contributed by atoms with Crippen LogP contribution in [0.4, 0.5) is 37.2 Å². The van der Waals surface area contributed by atoms with Crippen molar-refractivity contribution in [3.05, 3.63) is 40.4 Å². The summed E-state index contributed by atoms with van der Waals surface area (Å²) in [7, 11) is 0. The van der Waals surface area contributed by atoms with Gasteiger partial charge in [-0.05, 0) is 25.1 Å². The summed E-state index contributed by atoms with van der Waals surface area (Å²) in [5.41, 5.74) is -2.99. The molecule has 11 heteroatoms. The molecule has 2 rings (SSSR count).